The van der Waals surface area contributed by atoms with Crippen LogP contribution in [0.3, 0.4) is 0 Å². The number of nitrogens with zero attached hydrogens (tertiary/aromatic N) is 1. The van der Waals surface area contributed by atoms with Gasteiger partial charge in [0.1, 0.15) is 16.9 Å². The first kappa shape index (κ1) is 13.3. The quantitative estimate of drug-likeness (QED) is 0.752. The van der Waals surface area contributed by atoms with E-state index in [2.05, 4.69) is 10.3 Å². The second-order valence-electron chi connectivity index (χ2n) is 4.66. The third-order valence-corrected chi connectivity index (χ3v) is 3.25. The molecule has 0 aliphatic carbocycles. The Morgan fingerprint density at radius 2 is 1.90 bits per heavy atom. The number of aromatic carboxylic acids is 1. The number of rotatable bonds is 5. The molecule has 1 aromatic carbocycles. The van der Waals surface area contributed by atoms with Crippen molar-refractivity contribution in [2.24, 2.45) is 0 Å². The SMILES string of the molecule is O=C(O)c1c(CNCc2ccncc2)oc2ccccc12. The molecule has 3 aromatic rings. The van der Waals surface area contributed by atoms with Gasteiger partial charge in [-0.3, -0.25) is 4.98 Å². The number of carboxylic acids is 1. The Balaban J connectivity index is 1.80. The van der Waals surface area contributed by atoms with Crippen molar-refractivity contribution in [2.75, 3.05) is 0 Å². The zero-order valence-corrected chi connectivity index (χ0v) is 11.2. The number of benzene rings is 1. The maximum atomic E-state index is 11.4. The summed E-state index contributed by atoms with van der Waals surface area (Å²) in [6, 6.07) is 11.0. The van der Waals surface area contributed by atoms with Crippen LogP contribution in [0.4, 0.5) is 0 Å². The summed E-state index contributed by atoms with van der Waals surface area (Å²) in [5, 5.41) is 13.2. The molecule has 0 bridgehead atoms. The van der Waals surface area contributed by atoms with Gasteiger partial charge in [-0.2, -0.15) is 0 Å². The monoisotopic (exact) mass is 282 g/mol. The zero-order chi connectivity index (χ0) is 14.7. The minimum atomic E-state index is -0.972. The molecule has 0 spiro atoms. The minimum absolute atomic E-state index is 0.229. The van der Waals surface area contributed by atoms with E-state index in [0.717, 1.165) is 5.56 Å². The Morgan fingerprint density at radius 3 is 2.67 bits per heavy atom. The van der Waals surface area contributed by atoms with Crippen molar-refractivity contribution < 1.29 is 14.3 Å². The highest BCUT2D eigenvalue weighted by molar-refractivity contribution is 6.03. The van der Waals surface area contributed by atoms with Gasteiger partial charge in [-0.25, -0.2) is 4.79 Å². The Bertz CT molecular complexity index is 766. The lowest BCUT2D eigenvalue weighted by Crippen LogP contribution is -2.14. The third kappa shape index (κ3) is 2.78. The van der Waals surface area contributed by atoms with Gasteiger partial charge in [-0.1, -0.05) is 18.2 Å². The highest BCUT2D eigenvalue weighted by Gasteiger charge is 2.19. The van der Waals surface area contributed by atoms with E-state index in [1.165, 1.54) is 0 Å². The number of aromatic nitrogens is 1. The molecule has 5 nitrogen and oxygen atoms in total. The maximum absolute atomic E-state index is 11.4. The van der Waals surface area contributed by atoms with Crippen LogP contribution < -0.4 is 5.32 Å². The van der Waals surface area contributed by atoms with Crippen LogP contribution in [-0.2, 0) is 13.1 Å². The number of para-hydroxylation sites is 1. The fourth-order valence-corrected chi connectivity index (χ4v) is 2.28. The predicted molar refractivity (Wildman–Crippen MR) is 78.0 cm³/mol. The van der Waals surface area contributed by atoms with Crippen molar-refractivity contribution in [1.82, 2.24) is 10.3 Å². The van der Waals surface area contributed by atoms with Gasteiger partial charge in [0.2, 0.25) is 0 Å². The normalized spacial score (nSPS) is 10.9. The molecular weight excluding hydrogens is 268 g/mol. The molecule has 0 saturated carbocycles. The fourth-order valence-electron chi connectivity index (χ4n) is 2.28. The number of carboxylic acid groups (broad SMARTS) is 1. The molecule has 0 aliphatic heterocycles. The molecule has 21 heavy (non-hydrogen) atoms. The number of pyridine rings is 1. The minimum Gasteiger partial charge on any atom is -0.478 e. The summed E-state index contributed by atoms with van der Waals surface area (Å²) < 4.78 is 5.64. The number of nitrogens with one attached hydrogen (secondary N) is 1. The van der Waals surface area contributed by atoms with Gasteiger partial charge in [-0.15, -0.1) is 0 Å². The summed E-state index contributed by atoms with van der Waals surface area (Å²) in [6.45, 7) is 0.983. The van der Waals surface area contributed by atoms with Gasteiger partial charge in [0.05, 0.1) is 6.54 Å². The Hall–Kier alpha value is -2.66. The van der Waals surface area contributed by atoms with E-state index in [1.807, 2.05) is 18.2 Å². The highest BCUT2D eigenvalue weighted by atomic mass is 16.4. The van der Waals surface area contributed by atoms with Crippen molar-refractivity contribution in [3.05, 3.63) is 65.7 Å². The average Bonchev–Trinajstić information content (AvgIpc) is 2.86. The molecule has 2 N–H and O–H groups in total. The van der Waals surface area contributed by atoms with Crippen LogP contribution in [0.5, 0.6) is 0 Å². The first-order valence-electron chi connectivity index (χ1n) is 6.59. The fraction of sp³-hybridized carbons (Fsp3) is 0.125. The molecule has 3 rings (SSSR count). The van der Waals surface area contributed by atoms with Crippen molar-refractivity contribution >= 4 is 16.9 Å². The van der Waals surface area contributed by atoms with E-state index >= 15 is 0 Å². The number of furan rings is 1. The second kappa shape index (κ2) is 5.76. The molecular formula is C16H14N2O3. The lowest BCUT2D eigenvalue weighted by Gasteiger charge is -2.03. The molecule has 0 radical (unpaired) electrons. The van der Waals surface area contributed by atoms with Gasteiger partial charge in [0.25, 0.3) is 0 Å². The first-order chi connectivity index (χ1) is 10.3. The molecule has 0 saturated heterocycles. The lowest BCUT2D eigenvalue weighted by atomic mass is 10.1. The van der Waals surface area contributed by atoms with Crippen molar-refractivity contribution in [3.8, 4) is 0 Å². The second-order valence-corrected chi connectivity index (χ2v) is 4.66. The summed E-state index contributed by atoms with van der Waals surface area (Å²) in [4.78, 5) is 15.4. The van der Waals surface area contributed by atoms with Crippen molar-refractivity contribution in [1.29, 1.82) is 0 Å². The Kier molecular flexibility index (Phi) is 3.66. The van der Waals surface area contributed by atoms with Crippen LogP contribution >= 0.6 is 0 Å². The highest BCUT2D eigenvalue weighted by Crippen LogP contribution is 2.25. The van der Waals surface area contributed by atoms with Crippen LogP contribution in [-0.4, -0.2) is 16.1 Å². The van der Waals surface area contributed by atoms with Crippen LogP contribution in [0, 0.1) is 0 Å². The van der Waals surface area contributed by atoms with Crippen molar-refractivity contribution in [3.63, 3.8) is 0 Å². The van der Waals surface area contributed by atoms with Crippen LogP contribution in [0.1, 0.15) is 21.7 Å². The Labute approximate surface area is 121 Å². The average molecular weight is 282 g/mol. The molecule has 0 unspecified atom stereocenters. The molecule has 0 atom stereocenters. The lowest BCUT2D eigenvalue weighted by molar-refractivity contribution is 0.0696. The largest absolute Gasteiger partial charge is 0.478 e. The number of hydrogen-bond acceptors (Lipinski definition) is 4. The van der Waals surface area contributed by atoms with Crippen molar-refractivity contribution in [2.45, 2.75) is 13.1 Å². The summed E-state index contributed by atoms with van der Waals surface area (Å²) in [5.74, 6) is -0.529. The summed E-state index contributed by atoms with van der Waals surface area (Å²) in [5.41, 5.74) is 1.90. The smallest absolute Gasteiger partial charge is 0.339 e. The summed E-state index contributed by atoms with van der Waals surface area (Å²) >= 11 is 0. The molecule has 0 fully saturated rings. The maximum Gasteiger partial charge on any atom is 0.339 e. The molecule has 2 heterocycles. The first-order valence-corrected chi connectivity index (χ1v) is 6.59. The van der Waals surface area contributed by atoms with Gasteiger partial charge in [0.15, 0.2) is 0 Å². The predicted octanol–water partition coefficient (Wildman–Crippen LogP) is 2.82. The van der Waals surface area contributed by atoms with Gasteiger partial charge >= 0.3 is 5.97 Å². The van der Waals surface area contributed by atoms with E-state index in [1.54, 1.807) is 30.6 Å². The number of carbonyl (C=O) groups is 1. The van der Waals surface area contributed by atoms with E-state index in [9.17, 15) is 9.90 Å². The molecule has 0 amide bonds. The Morgan fingerprint density at radius 1 is 1.14 bits per heavy atom. The molecule has 106 valence electrons. The number of fused-ring (bicyclic) bond motifs is 1. The van der Waals surface area contributed by atoms with E-state index in [4.69, 9.17) is 4.42 Å². The summed E-state index contributed by atoms with van der Waals surface area (Å²) in [6.07, 6.45) is 3.45. The molecule has 5 heteroatoms. The van der Waals surface area contributed by atoms with Gasteiger partial charge in [0, 0.05) is 24.3 Å². The van der Waals surface area contributed by atoms with Crippen LogP contribution in [0.15, 0.2) is 53.2 Å². The number of hydrogen-bond donors (Lipinski definition) is 2. The zero-order valence-electron chi connectivity index (χ0n) is 11.2. The van der Waals surface area contributed by atoms with E-state index in [0.29, 0.717) is 29.8 Å². The van der Waals surface area contributed by atoms with E-state index < -0.39 is 5.97 Å². The van der Waals surface area contributed by atoms with Crippen LogP contribution in [0.25, 0.3) is 11.0 Å². The standard InChI is InChI=1S/C16H14N2O3/c19-16(20)15-12-3-1-2-4-13(12)21-14(15)10-18-9-11-5-7-17-8-6-11/h1-8,18H,9-10H2,(H,19,20). The topological polar surface area (TPSA) is 75.4 Å². The third-order valence-electron chi connectivity index (χ3n) is 3.25. The van der Waals surface area contributed by atoms with Crippen LogP contribution in [0.2, 0.25) is 0 Å². The molecule has 2 aromatic heterocycles. The summed E-state index contributed by atoms with van der Waals surface area (Å²) in [7, 11) is 0. The van der Waals surface area contributed by atoms with Gasteiger partial charge < -0.3 is 14.8 Å². The van der Waals surface area contributed by atoms with E-state index in [-0.39, 0.29) is 5.56 Å². The van der Waals surface area contributed by atoms with Gasteiger partial charge in [-0.05, 0) is 23.8 Å². The molecule has 0 aliphatic rings.